The standard InChI is InChI=1S/C12H19N3O/c1-4-15(3)8-12(16)14-10-6-5-9(2)11(13)7-10/h5-7H,4,8,13H2,1-3H3,(H,14,16). The summed E-state index contributed by atoms with van der Waals surface area (Å²) in [5.74, 6) is -0.0207. The van der Waals surface area contributed by atoms with Crippen LogP contribution in [-0.4, -0.2) is 30.9 Å². The Morgan fingerprint density at radius 2 is 2.19 bits per heavy atom. The van der Waals surface area contributed by atoms with E-state index in [1.54, 1.807) is 6.07 Å². The first-order valence-electron chi connectivity index (χ1n) is 5.37. The first-order chi connectivity index (χ1) is 7.52. The van der Waals surface area contributed by atoms with Crippen LogP contribution in [0.2, 0.25) is 0 Å². The number of nitrogen functional groups attached to an aromatic ring is 1. The van der Waals surface area contributed by atoms with E-state index < -0.39 is 0 Å². The molecule has 0 aliphatic heterocycles. The predicted octanol–water partition coefficient (Wildman–Crippen LogP) is 1.47. The lowest BCUT2D eigenvalue weighted by Crippen LogP contribution is -2.29. The lowest BCUT2D eigenvalue weighted by Gasteiger charge is -2.13. The van der Waals surface area contributed by atoms with Crippen LogP contribution in [0.5, 0.6) is 0 Å². The van der Waals surface area contributed by atoms with E-state index >= 15 is 0 Å². The summed E-state index contributed by atoms with van der Waals surface area (Å²) in [4.78, 5) is 13.5. The van der Waals surface area contributed by atoms with Gasteiger partial charge in [0.2, 0.25) is 5.91 Å². The summed E-state index contributed by atoms with van der Waals surface area (Å²) < 4.78 is 0. The van der Waals surface area contributed by atoms with Crippen molar-refractivity contribution < 1.29 is 4.79 Å². The van der Waals surface area contributed by atoms with Crippen LogP contribution in [0.25, 0.3) is 0 Å². The van der Waals surface area contributed by atoms with Crippen molar-refractivity contribution in [2.24, 2.45) is 0 Å². The molecule has 0 bridgehead atoms. The molecule has 0 spiro atoms. The summed E-state index contributed by atoms with van der Waals surface area (Å²) in [6.45, 7) is 5.19. The number of carbonyl (C=O) groups excluding carboxylic acids is 1. The molecule has 88 valence electrons. The zero-order valence-corrected chi connectivity index (χ0v) is 10.1. The number of likely N-dealkylation sites (N-methyl/N-ethyl adjacent to an activating group) is 1. The summed E-state index contributed by atoms with van der Waals surface area (Å²) in [6.07, 6.45) is 0. The molecular weight excluding hydrogens is 202 g/mol. The number of nitrogens with zero attached hydrogens (tertiary/aromatic N) is 1. The Bertz CT molecular complexity index is 377. The number of hydrogen-bond acceptors (Lipinski definition) is 3. The van der Waals surface area contributed by atoms with Crippen molar-refractivity contribution >= 4 is 17.3 Å². The largest absolute Gasteiger partial charge is 0.398 e. The Morgan fingerprint density at radius 1 is 1.50 bits per heavy atom. The molecule has 0 saturated carbocycles. The van der Waals surface area contributed by atoms with Gasteiger partial charge in [0.1, 0.15) is 0 Å². The number of rotatable bonds is 4. The number of aryl methyl sites for hydroxylation is 1. The summed E-state index contributed by atoms with van der Waals surface area (Å²) in [5, 5.41) is 2.81. The van der Waals surface area contributed by atoms with Crippen molar-refractivity contribution in [3.8, 4) is 0 Å². The number of nitrogens with two attached hydrogens (primary N) is 1. The van der Waals surface area contributed by atoms with Gasteiger partial charge in [-0.2, -0.15) is 0 Å². The fourth-order valence-corrected chi connectivity index (χ4v) is 1.28. The zero-order valence-electron chi connectivity index (χ0n) is 10.1. The van der Waals surface area contributed by atoms with Crippen molar-refractivity contribution in [1.82, 2.24) is 4.90 Å². The van der Waals surface area contributed by atoms with Crippen molar-refractivity contribution in [3.63, 3.8) is 0 Å². The van der Waals surface area contributed by atoms with Crippen molar-refractivity contribution in [2.45, 2.75) is 13.8 Å². The van der Waals surface area contributed by atoms with Crippen LogP contribution in [-0.2, 0) is 4.79 Å². The molecule has 1 amide bonds. The van der Waals surface area contributed by atoms with Crippen LogP contribution in [0.1, 0.15) is 12.5 Å². The van der Waals surface area contributed by atoms with E-state index in [-0.39, 0.29) is 5.91 Å². The maximum atomic E-state index is 11.6. The van der Waals surface area contributed by atoms with Gasteiger partial charge >= 0.3 is 0 Å². The van der Waals surface area contributed by atoms with E-state index in [1.165, 1.54) is 0 Å². The third kappa shape index (κ3) is 3.55. The number of benzene rings is 1. The third-order valence-corrected chi connectivity index (χ3v) is 2.52. The number of anilines is 2. The highest BCUT2D eigenvalue weighted by Gasteiger charge is 2.05. The number of amides is 1. The molecule has 0 radical (unpaired) electrons. The molecule has 0 fully saturated rings. The second-order valence-corrected chi connectivity index (χ2v) is 3.95. The molecule has 0 aliphatic carbocycles. The highest BCUT2D eigenvalue weighted by molar-refractivity contribution is 5.92. The molecule has 0 heterocycles. The molecule has 0 atom stereocenters. The van der Waals surface area contributed by atoms with Crippen molar-refractivity contribution in [2.75, 3.05) is 31.2 Å². The van der Waals surface area contributed by atoms with E-state index in [4.69, 9.17) is 5.73 Å². The Hall–Kier alpha value is -1.55. The second kappa shape index (κ2) is 5.51. The van der Waals surface area contributed by atoms with Gasteiger partial charge in [-0.25, -0.2) is 0 Å². The van der Waals surface area contributed by atoms with Crippen LogP contribution in [0.4, 0.5) is 11.4 Å². The fourth-order valence-electron chi connectivity index (χ4n) is 1.28. The predicted molar refractivity (Wildman–Crippen MR) is 67.4 cm³/mol. The molecule has 3 N–H and O–H groups in total. The fraction of sp³-hybridized carbons (Fsp3) is 0.417. The summed E-state index contributed by atoms with van der Waals surface area (Å²) in [5.41, 5.74) is 8.22. The molecule has 4 heteroatoms. The highest BCUT2D eigenvalue weighted by Crippen LogP contribution is 2.16. The lowest BCUT2D eigenvalue weighted by molar-refractivity contribution is -0.117. The molecule has 4 nitrogen and oxygen atoms in total. The molecule has 16 heavy (non-hydrogen) atoms. The van der Waals surface area contributed by atoms with Gasteiger partial charge in [0, 0.05) is 11.4 Å². The normalized spacial score (nSPS) is 10.5. The van der Waals surface area contributed by atoms with Gasteiger partial charge < -0.3 is 11.1 Å². The minimum atomic E-state index is -0.0207. The van der Waals surface area contributed by atoms with Crippen molar-refractivity contribution in [1.29, 1.82) is 0 Å². The Morgan fingerprint density at radius 3 is 2.75 bits per heavy atom. The average Bonchev–Trinajstić information content (AvgIpc) is 2.23. The lowest BCUT2D eigenvalue weighted by atomic mass is 10.2. The van der Waals surface area contributed by atoms with Gasteiger partial charge in [-0.15, -0.1) is 0 Å². The van der Waals surface area contributed by atoms with E-state index in [9.17, 15) is 4.79 Å². The maximum Gasteiger partial charge on any atom is 0.238 e. The van der Waals surface area contributed by atoms with E-state index in [0.717, 1.165) is 17.8 Å². The van der Waals surface area contributed by atoms with E-state index in [1.807, 2.05) is 37.9 Å². The molecule has 1 aromatic rings. The van der Waals surface area contributed by atoms with Gasteiger partial charge in [-0.3, -0.25) is 9.69 Å². The minimum absolute atomic E-state index is 0.0207. The average molecular weight is 221 g/mol. The first kappa shape index (κ1) is 12.5. The van der Waals surface area contributed by atoms with Crippen molar-refractivity contribution in [3.05, 3.63) is 23.8 Å². The molecule has 1 aromatic carbocycles. The molecule has 0 aliphatic rings. The number of carbonyl (C=O) groups is 1. The number of nitrogens with one attached hydrogen (secondary N) is 1. The summed E-state index contributed by atoms with van der Waals surface area (Å²) >= 11 is 0. The second-order valence-electron chi connectivity index (χ2n) is 3.95. The first-order valence-corrected chi connectivity index (χ1v) is 5.37. The van der Waals surface area contributed by atoms with E-state index in [2.05, 4.69) is 5.32 Å². The topological polar surface area (TPSA) is 58.4 Å². The summed E-state index contributed by atoms with van der Waals surface area (Å²) in [7, 11) is 1.91. The van der Waals surface area contributed by atoms with Crippen LogP contribution in [0, 0.1) is 6.92 Å². The quantitative estimate of drug-likeness (QED) is 0.757. The highest BCUT2D eigenvalue weighted by atomic mass is 16.2. The minimum Gasteiger partial charge on any atom is -0.398 e. The molecule has 0 aromatic heterocycles. The molecule has 1 rings (SSSR count). The van der Waals surface area contributed by atoms with Crippen LogP contribution >= 0.6 is 0 Å². The van der Waals surface area contributed by atoms with Gasteiger partial charge in [-0.05, 0) is 38.2 Å². The maximum absolute atomic E-state index is 11.6. The molecular formula is C12H19N3O. The zero-order chi connectivity index (χ0) is 12.1. The van der Waals surface area contributed by atoms with Gasteiger partial charge in [0.15, 0.2) is 0 Å². The monoisotopic (exact) mass is 221 g/mol. The Kier molecular flexibility index (Phi) is 4.31. The summed E-state index contributed by atoms with van der Waals surface area (Å²) in [6, 6.07) is 5.53. The Balaban J connectivity index is 2.59. The molecule has 0 saturated heterocycles. The van der Waals surface area contributed by atoms with Crippen LogP contribution < -0.4 is 11.1 Å². The van der Waals surface area contributed by atoms with Gasteiger partial charge in [-0.1, -0.05) is 13.0 Å². The van der Waals surface area contributed by atoms with E-state index in [0.29, 0.717) is 12.2 Å². The van der Waals surface area contributed by atoms with Gasteiger partial charge in [0.25, 0.3) is 0 Å². The van der Waals surface area contributed by atoms with Gasteiger partial charge in [0.05, 0.1) is 6.54 Å². The SMILES string of the molecule is CCN(C)CC(=O)Nc1ccc(C)c(N)c1. The molecule has 0 unspecified atom stereocenters. The number of hydrogen-bond donors (Lipinski definition) is 2. The Labute approximate surface area is 96.4 Å². The third-order valence-electron chi connectivity index (χ3n) is 2.52. The van der Waals surface area contributed by atoms with Crippen LogP contribution in [0.15, 0.2) is 18.2 Å². The van der Waals surface area contributed by atoms with Crippen LogP contribution in [0.3, 0.4) is 0 Å². The smallest absolute Gasteiger partial charge is 0.238 e.